The normalized spacial score (nSPS) is 36.9. The van der Waals surface area contributed by atoms with E-state index in [9.17, 15) is 9.59 Å². The van der Waals surface area contributed by atoms with Crippen molar-refractivity contribution in [3.05, 3.63) is 35.9 Å². The predicted molar refractivity (Wildman–Crippen MR) is 102 cm³/mol. The van der Waals surface area contributed by atoms with Crippen LogP contribution in [-0.4, -0.2) is 65.7 Å². The second-order valence-electron chi connectivity index (χ2n) is 8.50. The first-order chi connectivity index (χ1) is 13.6. The third-order valence-corrected chi connectivity index (χ3v) is 7.15. The number of benzene rings is 1. The van der Waals surface area contributed by atoms with Crippen LogP contribution in [0, 0.1) is 11.8 Å². The molecule has 4 aliphatic rings. The zero-order chi connectivity index (χ0) is 19.3. The van der Waals surface area contributed by atoms with E-state index in [-0.39, 0.29) is 29.9 Å². The highest BCUT2D eigenvalue weighted by atomic mass is 16.6. The summed E-state index contributed by atoms with van der Waals surface area (Å²) >= 11 is 0. The molecule has 0 N–H and O–H groups in total. The van der Waals surface area contributed by atoms with E-state index in [0.717, 1.165) is 38.9 Å². The van der Waals surface area contributed by atoms with Crippen molar-refractivity contribution in [3.8, 4) is 0 Å². The van der Waals surface area contributed by atoms with Crippen molar-refractivity contribution in [1.82, 2.24) is 9.80 Å². The molecule has 0 saturated carbocycles. The number of amides is 1. The van der Waals surface area contributed by atoms with Gasteiger partial charge in [-0.2, -0.15) is 0 Å². The number of nitrogens with zero attached hydrogens (tertiary/aromatic N) is 2. The van der Waals surface area contributed by atoms with Crippen LogP contribution in [0.4, 0.5) is 0 Å². The summed E-state index contributed by atoms with van der Waals surface area (Å²) in [5.74, 6) is -0.924. The molecule has 4 fully saturated rings. The minimum atomic E-state index is -0.484. The molecule has 4 aliphatic heterocycles. The van der Waals surface area contributed by atoms with Crippen LogP contribution in [0.3, 0.4) is 0 Å². The first-order valence-corrected chi connectivity index (χ1v) is 10.6. The molecule has 0 aromatic heterocycles. The average Bonchev–Trinajstić information content (AvgIpc) is 3.27. The minimum absolute atomic E-state index is 0.0789. The molecule has 4 saturated heterocycles. The van der Waals surface area contributed by atoms with Crippen molar-refractivity contribution in [2.24, 2.45) is 11.8 Å². The zero-order valence-corrected chi connectivity index (χ0v) is 16.4. The Morgan fingerprint density at radius 2 is 2.04 bits per heavy atom. The molecule has 150 valence electrons. The number of hydrogen-bond donors (Lipinski definition) is 0. The topological polar surface area (TPSA) is 59.1 Å². The molecule has 28 heavy (non-hydrogen) atoms. The van der Waals surface area contributed by atoms with E-state index >= 15 is 0 Å². The van der Waals surface area contributed by atoms with E-state index in [1.807, 2.05) is 17.9 Å². The van der Waals surface area contributed by atoms with Crippen LogP contribution < -0.4 is 0 Å². The van der Waals surface area contributed by atoms with Crippen LogP contribution in [0.15, 0.2) is 30.3 Å². The Hall–Kier alpha value is -1.92. The van der Waals surface area contributed by atoms with E-state index in [1.54, 1.807) is 0 Å². The van der Waals surface area contributed by atoms with Gasteiger partial charge in [0, 0.05) is 26.2 Å². The van der Waals surface area contributed by atoms with Crippen LogP contribution in [0.1, 0.15) is 31.7 Å². The lowest BCUT2D eigenvalue weighted by Gasteiger charge is -2.33. The van der Waals surface area contributed by atoms with Gasteiger partial charge in [-0.05, 0) is 31.7 Å². The van der Waals surface area contributed by atoms with Gasteiger partial charge in [-0.3, -0.25) is 14.5 Å². The van der Waals surface area contributed by atoms with Gasteiger partial charge in [0.05, 0.1) is 30.6 Å². The first-order valence-electron chi connectivity index (χ1n) is 10.6. The van der Waals surface area contributed by atoms with Crippen molar-refractivity contribution in [2.75, 3.05) is 26.2 Å². The Morgan fingerprint density at radius 1 is 1.21 bits per heavy atom. The van der Waals surface area contributed by atoms with E-state index in [4.69, 9.17) is 9.47 Å². The Kier molecular flexibility index (Phi) is 4.43. The highest BCUT2D eigenvalue weighted by molar-refractivity contribution is 5.91. The number of fused-ring (bicyclic) bond motifs is 2. The summed E-state index contributed by atoms with van der Waals surface area (Å²) in [4.78, 5) is 30.4. The Morgan fingerprint density at radius 3 is 2.82 bits per heavy atom. The van der Waals surface area contributed by atoms with Crippen LogP contribution in [0.25, 0.3) is 0 Å². The number of rotatable bonds is 4. The molecule has 0 aliphatic carbocycles. The number of carbonyl (C=O) groups excluding carboxylic acids is 2. The van der Waals surface area contributed by atoms with Crippen LogP contribution >= 0.6 is 0 Å². The van der Waals surface area contributed by atoms with Gasteiger partial charge < -0.3 is 14.4 Å². The van der Waals surface area contributed by atoms with Crippen LogP contribution in [-0.2, 0) is 25.6 Å². The smallest absolute Gasteiger partial charge is 0.312 e. The average molecular weight is 384 g/mol. The van der Waals surface area contributed by atoms with E-state index in [0.29, 0.717) is 13.2 Å². The first kappa shape index (κ1) is 18.1. The van der Waals surface area contributed by atoms with Crippen molar-refractivity contribution in [3.63, 3.8) is 0 Å². The van der Waals surface area contributed by atoms with E-state index in [1.165, 1.54) is 5.56 Å². The van der Waals surface area contributed by atoms with Gasteiger partial charge in [-0.1, -0.05) is 30.3 Å². The summed E-state index contributed by atoms with van der Waals surface area (Å²) in [6, 6.07) is 10.6. The molecule has 1 amide bonds. The number of hydrogen-bond acceptors (Lipinski definition) is 5. The lowest BCUT2D eigenvalue weighted by molar-refractivity contribution is -0.154. The van der Waals surface area contributed by atoms with E-state index < -0.39 is 11.5 Å². The predicted octanol–water partition coefficient (Wildman–Crippen LogP) is 1.83. The molecule has 4 heterocycles. The van der Waals surface area contributed by atoms with Crippen molar-refractivity contribution in [2.45, 2.75) is 50.5 Å². The highest BCUT2D eigenvalue weighted by Crippen LogP contribution is 2.59. The van der Waals surface area contributed by atoms with Crippen molar-refractivity contribution >= 4 is 11.9 Å². The summed E-state index contributed by atoms with van der Waals surface area (Å²) in [7, 11) is 0. The lowest BCUT2D eigenvalue weighted by atomic mass is 9.70. The lowest BCUT2D eigenvalue weighted by Crippen LogP contribution is -2.46. The second kappa shape index (κ2) is 6.85. The molecule has 6 nitrogen and oxygen atoms in total. The second-order valence-corrected chi connectivity index (χ2v) is 8.50. The maximum absolute atomic E-state index is 13.4. The number of esters is 1. The summed E-state index contributed by atoms with van der Waals surface area (Å²) in [6.45, 7) is 5.56. The SMILES string of the molecule is CCOC(=O)[C@H]1[C@H]2C(=O)N3CCN(Cc4ccccc4)CC[C@@H]3[C@]23CC[C@H]1O3. The van der Waals surface area contributed by atoms with Crippen molar-refractivity contribution in [1.29, 1.82) is 0 Å². The van der Waals surface area contributed by atoms with Gasteiger partial charge in [-0.15, -0.1) is 0 Å². The molecular formula is C22H28N2O4. The van der Waals surface area contributed by atoms with Gasteiger partial charge >= 0.3 is 5.97 Å². The third-order valence-electron chi connectivity index (χ3n) is 7.15. The van der Waals surface area contributed by atoms with Gasteiger partial charge in [0.1, 0.15) is 5.60 Å². The molecule has 0 radical (unpaired) electrons. The summed E-state index contributed by atoms with van der Waals surface area (Å²) in [5.41, 5.74) is 0.814. The van der Waals surface area contributed by atoms with Gasteiger partial charge in [0.25, 0.3) is 0 Å². The standard InChI is InChI=1S/C22H28N2O4/c1-2-27-21(26)18-16-8-10-22(28-16)17-9-11-23(14-15-6-4-3-5-7-15)12-13-24(17)20(25)19(18)22/h3-7,16-19H,2,8-14H2,1H3/t16-,17-,18-,19+,22-/m1/s1. The number of carbonyl (C=O) groups is 2. The molecule has 2 bridgehead atoms. The zero-order valence-electron chi connectivity index (χ0n) is 16.4. The Labute approximate surface area is 165 Å². The highest BCUT2D eigenvalue weighted by Gasteiger charge is 2.73. The number of ether oxygens (including phenoxy) is 2. The quantitative estimate of drug-likeness (QED) is 0.742. The van der Waals surface area contributed by atoms with Crippen LogP contribution in [0.5, 0.6) is 0 Å². The largest absolute Gasteiger partial charge is 0.466 e. The van der Waals surface area contributed by atoms with Crippen LogP contribution in [0.2, 0.25) is 0 Å². The van der Waals surface area contributed by atoms with E-state index in [2.05, 4.69) is 29.2 Å². The fourth-order valence-corrected chi connectivity index (χ4v) is 6.04. The Bertz CT molecular complexity index is 769. The molecule has 1 aromatic rings. The summed E-state index contributed by atoms with van der Waals surface area (Å²) < 4.78 is 11.7. The molecule has 5 rings (SSSR count). The maximum Gasteiger partial charge on any atom is 0.312 e. The molecule has 5 atom stereocenters. The molecular weight excluding hydrogens is 356 g/mol. The fraction of sp³-hybridized carbons (Fsp3) is 0.636. The fourth-order valence-electron chi connectivity index (χ4n) is 6.04. The Balaban J connectivity index is 1.36. The maximum atomic E-state index is 13.4. The minimum Gasteiger partial charge on any atom is -0.466 e. The molecule has 0 unspecified atom stereocenters. The van der Waals surface area contributed by atoms with Gasteiger partial charge in [0.15, 0.2) is 0 Å². The van der Waals surface area contributed by atoms with Crippen molar-refractivity contribution < 1.29 is 19.1 Å². The molecule has 1 spiro atoms. The monoisotopic (exact) mass is 384 g/mol. The van der Waals surface area contributed by atoms with Gasteiger partial charge in [0.2, 0.25) is 5.91 Å². The molecule has 1 aromatic carbocycles. The third kappa shape index (κ3) is 2.61. The summed E-state index contributed by atoms with van der Waals surface area (Å²) in [5, 5.41) is 0. The summed E-state index contributed by atoms with van der Waals surface area (Å²) in [6.07, 6.45) is 2.48. The van der Waals surface area contributed by atoms with Gasteiger partial charge in [-0.25, -0.2) is 0 Å². The molecule has 6 heteroatoms.